The molecular formula is C19H17N5O2. The van der Waals surface area contributed by atoms with Gasteiger partial charge in [0.25, 0.3) is 0 Å². The Morgan fingerprint density at radius 2 is 1.27 bits per heavy atom. The molecule has 0 aromatic heterocycles. The van der Waals surface area contributed by atoms with Crippen molar-refractivity contribution in [1.82, 2.24) is 0 Å². The first-order valence-corrected chi connectivity index (χ1v) is 7.73. The molecule has 0 N–H and O–H groups in total. The molecule has 0 amide bonds. The van der Waals surface area contributed by atoms with Crippen molar-refractivity contribution in [2.24, 2.45) is 26.0 Å². The second-order valence-corrected chi connectivity index (χ2v) is 4.59. The first-order valence-electron chi connectivity index (χ1n) is 7.73. The van der Waals surface area contributed by atoms with Crippen molar-refractivity contribution in [3.05, 3.63) is 96.7 Å². The summed E-state index contributed by atoms with van der Waals surface area (Å²) < 4.78 is 0. The van der Waals surface area contributed by atoms with Crippen LogP contribution in [0, 0.1) is 0 Å². The van der Waals surface area contributed by atoms with Crippen LogP contribution in [0.5, 0.6) is 5.75 Å². The molecule has 7 nitrogen and oxygen atoms in total. The summed E-state index contributed by atoms with van der Waals surface area (Å²) in [5.74, 6) is 0.489. The van der Waals surface area contributed by atoms with Gasteiger partial charge in [0.1, 0.15) is 0 Å². The van der Waals surface area contributed by atoms with Crippen molar-refractivity contribution in [1.29, 1.82) is 0 Å². The van der Waals surface area contributed by atoms with Gasteiger partial charge in [-0.3, -0.25) is 4.89 Å². The lowest BCUT2D eigenvalue weighted by Crippen LogP contribution is -1.91. The number of hydrogen-bond acceptors (Lipinski definition) is 7. The van der Waals surface area contributed by atoms with Gasteiger partial charge in [-0.2, -0.15) is 0 Å². The highest BCUT2D eigenvalue weighted by molar-refractivity contribution is 5.71. The summed E-state index contributed by atoms with van der Waals surface area (Å²) in [6.45, 7) is 0. The number of para-hydroxylation sites is 1. The van der Waals surface area contributed by atoms with Crippen LogP contribution in [-0.2, 0) is 4.99 Å². The molecule has 1 aliphatic rings. The van der Waals surface area contributed by atoms with Crippen LogP contribution in [0.1, 0.15) is 5.56 Å². The van der Waals surface area contributed by atoms with Crippen LogP contribution < -0.4 is 4.89 Å². The molecule has 26 heavy (non-hydrogen) atoms. The van der Waals surface area contributed by atoms with Crippen molar-refractivity contribution in [3.63, 3.8) is 0 Å². The molecule has 7 heteroatoms. The summed E-state index contributed by atoms with van der Waals surface area (Å²) in [7, 11) is 0. The van der Waals surface area contributed by atoms with Crippen LogP contribution in [0.15, 0.2) is 117 Å². The summed E-state index contributed by atoms with van der Waals surface area (Å²) >= 11 is 0. The highest BCUT2D eigenvalue weighted by Gasteiger charge is 2.00. The Kier molecular flexibility index (Phi) is 8.91. The molecule has 1 aliphatic heterocycles. The lowest BCUT2D eigenvalue weighted by atomic mass is 10.2. The molecule has 0 atom stereocenters. The van der Waals surface area contributed by atoms with Crippen molar-refractivity contribution in [3.8, 4) is 5.75 Å². The Bertz CT molecular complexity index is 815. The van der Waals surface area contributed by atoms with E-state index in [1.807, 2.05) is 79.0 Å². The first-order chi connectivity index (χ1) is 13.0. The molecular weight excluding hydrogens is 330 g/mol. The molecule has 0 saturated carbocycles. The minimum atomic E-state index is 0.489. The number of allylic oxidation sites excluding steroid dienone is 11. The van der Waals surface area contributed by atoms with E-state index in [-0.39, 0.29) is 0 Å². The fourth-order valence-electron chi connectivity index (χ4n) is 1.68. The Balaban J connectivity index is 2.10. The number of hydrogen-bond donors (Lipinski definition) is 0. The number of fused-ring (bicyclic) bond motifs is 1. The SMILES string of the molecule is C1=C\C=C/C=N\N=N/N=N\OOc2ccccc2\C=C/C=C/C=C\C=C/1. The van der Waals surface area contributed by atoms with Crippen LogP contribution in [-0.4, -0.2) is 6.21 Å². The van der Waals surface area contributed by atoms with Gasteiger partial charge in [0.2, 0.25) is 0 Å². The Labute approximate surface area is 151 Å². The topological polar surface area (TPSA) is 80.3 Å². The van der Waals surface area contributed by atoms with Gasteiger partial charge in [0.05, 0.1) is 11.5 Å². The van der Waals surface area contributed by atoms with Crippen molar-refractivity contribution in [2.75, 3.05) is 0 Å². The Morgan fingerprint density at radius 1 is 0.615 bits per heavy atom. The van der Waals surface area contributed by atoms with Gasteiger partial charge >= 0.3 is 0 Å². The van der Waals surface area contributed by atoms with Gasteiger partial charge in [-0.15, -0.1) is 10.1 Å². The number of nitrogens with zero attached hydrogens (tertiary/aromatic N) is 5. The Morgan fingerprint density at radius 3 is 2.04 bits per heavy atom. The number of benzene rings is 1. The maximum Gasteiger partial charge on any atom is 0.188 e. The third-order valence-corrected chi connectivity index (χ3v) is 2.79. The van der Waals surface area contributed by atoms with Gasteiger partial charge < -0.3 is 0 Å². The third kappa shape index (κ3) is 8.11. The zero-order chi connectivity index (χ0) is 18.1. The van der Waals surface area contributed by atoms with Gasteiger partial charge in [0.15, 0.2) is 5.75 Å². The average molecular weight is 347 g/mol. The van der Waals surface area contributed by atoms with Gasteiger partial charge in [0, 0.05) is 10.8 Å². The molecule has 0 unspecified atom stereocenters. The molecule has 0 fully saturated rings. The summed E-state index contributed by atoms with van der Waals surface area (Å²) in [5, 5.41) is 16.9. The van der Waals surface area contributed by atoms with E-state index in [1.54, 1.807) is 18.2 Å². The lowest BCUT2D eigenvalue weighted by molar-refractivity contribution is -0.216. The smallest absolute Gasteiger partial charge is 0.188 e. The summed E-state index contributed by atoms with van der Waals surface area (Å²) in [5.41, 5.74) is 0.821. The fourth-order valence-corrected chi connectivity index (χ4v) is 1.68. The van der Waals surface area contributed by atoms with Gasteiger partial charge in [-0.25, -0.2) is 0 Å². The highest BCUT2D eigenvalue weighted by Crippen LogP contribution is 2.19. The molecule has 1 heterocycles. The zero-order valence-corrected chi connectivity index (χ0v) is 13.9. The van der Waals surface area contributed by atoms with Crippen LogP contribution in [0.25, 0.3) is 6.08 Å². The molecule has 130 valence electrons. The first kappa shape index (κ1) is 18.5. The minimum Gasteiger partial charge on any atom is -0.265 e. The minimum absolute atomic E-state index is 0.489. The van der Waals surface area contributed by atoms with Crippen LogP contribution in [0.3, 0.4) is 0 Å². The standard InChI is InChI=1S/C19H17N5O2/c1-2-4-6-8-10-14-18-15-11-12-16-19(18)25-26-24-23-22-21-20-17-13-9-7-5-3-1/h1-17H/b3-1-,4-2-,7-5-,8-6+,13-9-,14-10-,20-17-,22-21-,24-23-. The quantitative estimate of drug-likeness (QED) is 0.579. The van der Waals surface area contributed by atoms with E-state index < -0.39 is 0 Å². The van der Waals surface area contributed by atoms with Crippen LogP contribution >= 0.6 is 0 Å². The van der Waals surface area contributed by atoms with E-state index in [1.165, 1.54) is 6.21 Å². The Hall–Kier alpha value is -3.87. The molecule has 0 radical (unpaired) electrons. The van der Waals surface area contributed by atoms with E-state index in [2.05, 4.69) is 31.0 Å². The fraction of sp³-hybridized carbons (Fsp3) is 0. The predicted octanol–water partition coefficient (Wildman–Crippen LogP) is 5.53. The third-order valence-electron chi connectivity index (χ3n) is 2.79. The molecule has 0 bridgehead atoms. The molecule has 0 aliphatic carbocycles. The molecule has 0 spiro atoms. The number of rotatable bonds is 0. The molecule has 1 aromatic rings. The van der Waals surface area contributed by atoms with Crippen molar-refractivity contribution < 1.29 is 9.88 Å². The molecule has 2 rings (SSSR count). The summed E-state index contributed by atoms with van der Waals surface area (Å²) in [4.78, 5) is 9.71. The summed E-state index contributed by atoms with van der Waals surface area (Å²) in [6, 6.07) is 7.33. The van der Waals surface area contributed by atoms with E-state index in [9.17, 15) is 0 Å². The summed E-state index contributed by atoms with van der Waals surface area (Å²) in [6.07, 6.45) is 24.0. The maximum atomic E-state index is 5.08. The van der Waals surface area contributed by atoms with E-state index in [4.69, 9.17) is 4.89 Å². The van der Waals surface area contributed by atoms with Crippen LogP contribution in [0.4, 0.5) is 0 Å². The van der Waals surface area contributed by atoms with E-state index in [0.717, 1.165) is 5.56 Å². The van der Waals surface area contributed by atoms with Gasteiger partial charge in [-0.1, -0.05) is 85.0 Å². The average Bonchev–Trinajstić information content (AvgIpc) is 2.66. The second kappa shape index (κ2) is 12.5. The van der Waals surface area contributed by atoms with Gasteiger partial charge in [-0.05, 0) is 22.6 Å². The van der Waals surface area contributed by atoms with E-state index >= 15 is 0 Å². The predicted molar refractivity (Wildman–Crippen MR) is 101 cm³/mol. The van der Waals surface area contributed by atoms with Crippen LogP contribution in [0.2, 0.25) is 0 Å². The van der Waals surface area contributed by atoms with E-state index in [0.29, 0.717) is 5.75 Å². The second-order valence-electron chi connectivity index (χ2n) is 4.59. The lowest BCUT2D eigenvalue weighted by Gasteiger charge is -2.02. The zero-order valence-electron chi connectivity index (χ0n) is 13.9. The maximum absolute atomic E-state index is 5.08. The normalized spacial score (nSPS) is 26.0. The molecule has 1 aromatic carbocycles. The van der Waals surface area contributed by atoms with Crippen molar-refractivity contribution in [2.45, 2.75) is 0 Å². The molecule has 0 saturated heterocycles. The highest BCUT2D eigenvalue weighted by atomic mass is 17.3. The largest absolute Gasteiger partial charge is 0.265 e. The monoisotopic (exact) mass is 347 g/mol. The van der Waals surface area contributed by atoms with Crippen molar-refractivity contribution >= 4 is 12.3 Å².